The average Bonchev–Trinajstić information content (AvgIpc) is 2.69. The number of Topliss-reactive ketones (excluding diaryl/α,β-unsaturated/α-hetero) is 1. The predicted molar refractivity (Wildman–Crippen MR) is 110 cm³/mol. The summed E-state index contributed by atoms with van der Waals surface area (Å²) in [5.41, 5.74) is 2.54. The number of pyridine rings is 1. The molecule has 2 aromatic heterocycles. The van der Waals surface area contributed by atoms with Crippen molar-refractivity contribution in [2.24, 2.45) is 5.92 Å². The Hall–Kier alpha value is -3.05. The van der Waals surface area contributed by atoms with Crippen molar-refractivity contribution in [2.75, 3.05) is 0 Å². The number of aromatic nitrogens is 3. The second-order valence-electron chi connectivity index (χ2n) is 6.51. The largest absolute Gasteiger partial charge is 0.437 e. The van der Waals surface area contributed by atoms with Crippen LogP contribution in [0.1, 0.15) is 25.8 Å². The molecule has 28 heavy (non-hydrogen) atoms. The molecule has 0 aliphatic rings. The maximum absolute atomic E-state index is 11.1. The van der Waals surface area contributed by atoms with Crippen LogP contribution in [-0.2, 0) is 4.79 Å². The number of hydrogen-bond acceptors (Lipinski definition) is 5. The number of ketones is 1. The lowest BCUT2D eigenvalue weighted by Crippen LogP contribution is -1.97. The lowest BCUT2D eigenvalue weighted by Gasteiger charge is -2.08. The van der Waals surface area contributed by atoms with Crippen LogP contribution in [0.2, 0.25) is 5.02 Å². The maximum atomic E-state index is 11.1. The van der Waals surface area contributed by atoms with E-state index in [-0.39, 0.29) is 11.7 Å². The average molecular weight is 394 g/mol. The van der Waals surface area contributed by atoms with E-state index in [0.29, 0.717) is 23.1 Å². The van der Waals surface area contributed by atoms with Crippen LogP contribution in [-0.4, -0.2) is 20.7 Å². The molecule has 3 aromatic rings. The van der Waals surface area contributed by atoms with Gasteiger partial charge in [0, 0.05) is 36.6 Å². The number of benzene rings is 1. The van der Waals surface area contributed by atoms with Crippen LogP contribution in [0.4, 0.5) is 0 Å². The monoisotopic (exact) mass is 393 g/mol. The van der Waals surface area contributed by atoms with E-state index in [1.54, 1.807) is 49.9 Å². The highest BCUT2D eigenvalue weighted by molar-refractivity contribution is 6.32. The number of carbonyl (C=O) groups is 1. The molecule has 3 rings (SSSR count). The van der Waals surface area contributed by atoms with Crippen LogP contribution in [0, 0.1) is 5.92 Å². The molecule has 0 saturated carbocycles. The lowest BCUT2D eigenvalue weighted by atomic mass is 10.0. The first-order valence-electron chi connectivity index (χ1n) is 8.89. The summed E-state index contributed by atoms with van der Waals surface area (Å²) in [5, 5.41) is 0.465. The van der Waals surface area contributed by atoms with Gasteiger partial charge < -0.3 is 9.53 Å². The second-order valence-corrected chi connectivity index (χ2v) is 6.92. The molecule has 0 saturated heterocycles. The summed E-state index contributed by atoms with van der Waals surface area (Å²) < 4.78 is 5.79. The molecule has 0 radical (unpaired) electrons. The summed E-state index contributed by atoms with van der Waals surface area (Å²) in [7, 11) is 0. The van der Waals surface area contributed by atoms with E-state index >= 15 is 0 Å². The number of ether oxygens (including phenoxy) is 1. The van der Waals surface area contributed by atoms with E-state index in [9.17, 15) is 4.79 Å². The summed E-state index contributed by atoms with van der Waals surface area (Å²) in [6.07, 6.45) is 11.1. The van der Waals surface area contributed by atoms with Crippen molar-refractivity contribution in [1.82, 2.24) is 15.0 Å². The summed E-state index contributed by atoms with van der Waals surface area (Å²) in [6.45, 7) is 3.61. The third-order valence-corrected chi connectivity index (χ3v) is 4.29. The highest BCUT2D eigenvalue weighted by Crippen LogP contribution is 2.32. The minimum atomic E-state index is 0.182. The minimum Gasteiger partial charge on any atom is -0.437 e. The summed E-state index contributed by atoms with van der Waals surface area (Å²) in [5.74, 6) is 1.34. The van der Waals surface area contributed by atoms with Gasteiger partial charge >= 0.3 is 0 Å². The van der Waals surface area contributed by atoms with Gasteiger partial charge in [-0.05, 0) is 42.7 Å². The normalized spacial score (nSPS) is 12.1. The highest BCUT2D eigenvalue weighted by Gasteiger charge is 2.08. The van der Waals surface area contributed by atoms with E-state index in [4.69, 9.17) is 16.3 Å². The molecular formula is C22H20ClN3O2. The van der Waals surface area contributed by atoms with Gasteiger partial charge in [0.05, 0.1) is 16.9 Å². The molecule has 142 valence electrons. The van der Waals surface area contributed by atoms with Gasteiger partial charge in [-0.1, -0.05) is 30.7 Å². The fraction of sp³-hybridized carbons (Fsp3) is 0.182. The summed E-state index contributed by atoms with van der Waals surface area (Å²) in [6, 6.07) is 9.13. The molecule has 6 heteroatoms. The van der Waals surface area contributed by atoms with Crippen molar-refractivity contribution in [2.45, 2.75) is 20.3 Å². The molecule has 0 unspecified atom stereocenters. The molecule has 2 heterocycles. The Morgan fingerprint density at radius 3 is 2.68 bits per heavy atom. The van der Waals surface area contributed by atoms with Crippen LogP contribution in [0.25, 0.3) is 17.3 Å². The molecular weight excluding hydrogens is 374 g/mol. The number of carbonyl (C=O) groups excluding carboxylic acids is 1. The van der Waals surface area contributed by atoms with Crippen LogP contribution in [0.5, 0.6) is 11.6 Å². The van der Waals surface area contributed by atoms with Crippen molar-refractivity contribution in [3.63, 3.8) is 0 Å². The Bertz CT molecular complexity index is 973. The molecule has 0 aliphatic carbocycles. The lowest BCUT2D eigenvalue weighted by molar-refractivity contribution is -0.117. The standard InChI is InChI=1S/C22H20ClN3O2/c1-15(11-16(2)27)3-4-17-5-8-22(26-13-17)28-21-7-6-18(12-19(21)23)20-14-24-9-10-25-20/h3-10,12-15H,11H2,1-2H3/b4-3+/t15-/m0/s1. The van der Waals surface area contributed by atoms with Gasteiger partial charge in [0.25, 0.3) is 0 Å². The van der Waals surface area contributed by atoms with Crippen LogP contribution >= 0.6 is 11.6 Å². The van der Waals surface area contributed by atoms with E-state index in [0.717, 1.165) is 16.8 Å². The molecule has 1 aromatic carbocycles. The van der Waals surface area contributed by atoms with Gasteiger partial charge in [-0.25, -0.2) is 4.98 Å². The Labute approximate surface area is 169 Å². The minimum absolute atomic E-state index is 0.182. The molecule has 0 fully saturated rings. The van der Waals surface area contributed by atoms with Gasteiger partial charge in [0.15, 0.2) is 0 Å². The van der Waals surface area contributed by atoms with Crippen LogP contribution in [0.15, 0.2) is 61.2 Å². The molecule has 0 bridgehead atoms. The number of rotatable bonds is 7. The zero-order valence-corrected chi connectivity index (χ0v) is 16.4. The van der Waals surface area contributed by atoms with Crippen molar-refractivity contribution < 1.29 is 9.53 Å². The number of allylic oxidation sites excluding steroid dienone is 1. The molecule has 0 amide bonds. The van der Waals surface area contributed by atoms with Gasteiger partial charge in [-0.2, -0.15) is 0 Å². The number of halogens is 1. The fourth-order valence-electron chi connectivity index (χ4n) is 2.65. The van der Waals surface area contributed by atoms with E-state index in [1.165, 1.54) is 0 Å². The number of hydrogen-bond donors (Lipinski definition) is 0. The smallest absolute Gasteiger partial charge is 0.219 e. The van der Waals surface area contributed by atoms with E-state index < -0.39 is 0 Å². The number of nitrogens with zero attached hydrogens (tertiary/aromatic N) is 3. The van der Waals surface area contributed by atoms with E-state index in [2.05, 4.69) is 15.0 Å². The predicted octanol–water partition coefficient (Wildman–Crippen LogP) is 5.61. The molecule has 5 nitrogen and oxygen atoms in total. The SMILES string of the molecule is CC(=O)C[C@@H](C)/C=C/c1ccc(Oc2ccc(-c3cnccn3)cc2Cl)nc1. The first-order chi connectivity index (χ1) is 13.5. The zero-order valence-electron chi connectivity index (χ0n) is 15.7. The second kappa shape index (κ2) is 9.24. The van der Waals surface area contributed by atoms with Gasteiger partial charge in [0.2, 0.25) is 5.88 Å². The summed E-state index contributed by atoms with van der Waals surface area (Å²) in [4.78, 5) is 23.8. The molecule has 0 spiro atoms. The molecule has 0 N–H and O–H groups in total. The Morgan fingerprint density at radius 2 is 2.04 bits per heavy atom. The first-order valence-corrected chi connectivity index (χ1v) is 9.26. The van der Waals surface area contributed by atoms with E-state index in [1.807, 2.05) is 31.2 Å². The maximum Gasteiger partial charge on any atom is 0.219 e. The van der Waals surface area contributed by atoms with Gasteiger partial charge in [-0.15, -0.1) is 0 Å². The van der Waals surface area contributed by atoms with Crippen molar-refractivity contribution in [1.29, 1.82) is 0 Å². The first kappa shape index (κ1) is 19.7. The Kier molecular flexibility index (Phi) is 6.50. The van der Waals surface area contributed by atoms with Crippen molar-refractivity contribution in [3.8, 4) is 22.9 Å². The van der Waals surface area contributed by atoms with Crippen LogP contribution in [0.3, 0.4) is 0 Å². The molecule has 1 atom stereocenters. The fourth-order valence-corrected chi connectivity index (χ4v) is 2.87. The van der Waals surface area contributed by atoms with Gasteiger partial charge in [0.1, 0.15) is 11.5 Å². The Morgan fingerprint density at radius 1 is 1.18 bits per heavy atom. The quantitative estimate of drug-likeness (QED) is 0.521. The Balaban J connectivity index is 1.67. The topological polar surface area (TPSA) is 65.0 Å². The third kappa shape index (κ3) is 5.47. The highest BCUT2D eigenvalue weighted by atomic mass is 35.5. The van der Waals surface area contributed by atoms with Crippen molar-refractivity contribution in [3.05, 3.63) is 71.8 Å². The third-order valence-electron chi connectivity index (χ3n) is 3.99. The van der Waals surface area contributed by atoms with Crippen molar-refractivity contribution >= 4 is 23.5 Å². The van der Waals surface area contributed by atoms with Gasteiger partial charge in [-0.3, -0.25) is 9.97 Å². The molecule has 0 aliphatic heterocycles. The zero-order chi connectivity index (χ0) is 19.9. The summed E-state index contributed by atoms with van der Waals surface area (Å²) >= 11 is 6.35. The van der Waals surface area contributed by atoms with Crippen LogP contribution < -0.4 is 4.74 Å².